The fraction of sp³-hybridized carbons (Fsp3) is 0.273. The maximum atomic E-state index is 5.58. The molecule has 1 radical (unpaired) electrons. The number of hydrogen-bond acceptors (Lipinski definition) is 1. The smallest absolute Gasteiger partial charge is 0.164 e. The number of rotatable bonds is 2. The van der Waals surface area contributed by atoms with Crippen LogP contribution in [-0.4, -0.2) is 15.4 Å². The van der Waals surface area contributed by atoms with E-state index in [0.29, 0.717) is 0 Å². The van der Waals surface area contributed by atoms with Gasteiger partial charge >= 0.3 is 0 Å². The van der Waals surface area contributed by atoms with Crippen LogP contribution in [-0.2, 0) is 4.74 Å². The van der Waals surface area contributed by atoms with Crippen molar-refractivity contribution in [3.05, 3.63) is 41.8 Å². The zero-order valence-electron chi connectivity index (χ0n) is 7.79. The minimum atomic E-state index is -0.606. The highest BCUT2D eigenvalue weighted by Gasteiger charge is 2.17. The second-order valence-corrected chi connectivity index (χ2v) is 5.52. The van der Waals surface area contributed by atoms with Crippen LogP contribution < -0.4 is 5.19 Å². The minimum Gasteiger partial charge on any atom is -0.503 e. The summed E-state index contributed by atoms with van der Waals surface area (Å²) in [6.07, 6.45) is 3.32. The van der Waals surface area contributed by atoms with Crippen LogP contribution in [0.25, 0.3) is 0 Å². The van der Waals surface area contributed by atoms with Crippen molar-refractivity contribution in [2.24, 2.45) is 0 Å². The SMILES string of the molecule is C[Si](C1=CCCO1)c1ccccc1. The van der Waals surface area contributed by atoms with Crippen LogP contribution in [0.5, 0.6) is 0 Å². The molecule has 1 aliphatic heterocycles. The molecule has 0 amide bonds. The quantitative estimate of drug-likeness (QED) is 0.645. The zero-order chi connectivity index (χ0) is 9.10. The molecular weight excluding hydrogens is 176 g/mol. The van der Waals surface area contributed by atoms with Gasteiger partial charge < -0.3 is 4.74 Å². The topological polar surface area (TPSA) is 9.23 Å². The molecule has 0 saturated heterocycles. The van der Waals surface area contributed by atoms with E-state index in [1.807, 2.05) is 0 Å². The molecule has 2 rings (SSSR count). The summed E-state index contributed by atoms with van der Waals surface area (Å²) in [5, 5.41) is 2.66. The third-order valence-electron chi connectivity index (χ3n) is 2.28. The maximum absolute atomic E-state index is 5.58. The van der Waals surface area contributed by atoms with Crippen molar-refractivity contribution < 1.29 is 4.74 Å². The molecule has 13 heavy (non-hydrogen) atoms. The normalized spacial score (nSPS) is 15.7. The van der Waals surface area contributed by atoms with E-state index >= 15 is 0 Å². The summed E-state index contributed by atoms with van der Waals surface area (Å²) in [5.74, 6) is 0. The lowest BCUT2D eigenvalue weighted by Gasteiger charge is -2.10. The summed E-state index contributed by atoms with van der Waals surface area (Å²) in [6.45, 7) is 3.17. The molecule has 1 heterocycles. The predicted octanol–water partition coefficient (Wildman–Crippen LogP) is 1.86. The first-order valence-corrected chi connectivity index (χ1v) is 6.60. The third kappa shape index (κ3) is 1.83. The Kier molecular flexibility index (Phi) is 2.50. The van der Waals surface area contributed by atoms with E-state index in [9.17, 15) is 0 Å². The summed E-state index contributed by atoms with van der Waals surface area (Å²) in [7, 11) is -0.606. The third-order valence-corrected chi connectivity index (χ3v) is 4.57. The monoisotopic (exact) mass is 189 g/mol. The van der Waals surface area contributed by atoms with Gasteiger partial charge in [-0.3, -0.25) is 0 Å². The van der Waals surface area contributed by atoms with Gasteiger partial charge in [-0.2, -0.15) is 0 Å². The van der Waals surface area contributed by atoms with Crippen molar-refractivity contribution >= 4 is 14.0 Å². The molecule has 1 aromatic carbocycles. The Labute approximate surface area is 80.7 Å². The maximum Gasteiger partial charge on any atom is 0.164 e. The summed E-state index contributed by atoms with van der Waals surface area (Å²) in [5.41, 5.74) is 0. The van der Waals surface area contributed by atoms with Crippen molar-refractivity contribution in [1.82, 2.24) is 0 Å². The average Bonchev–Trinajstić information content (AvgIpc) is 2.71. The molecule has 1 aromatic rings. The summed E-state index contributed by atoms with van der Waals surface area (Å²) >= 11 is 0. The fourth-order valence-corrected chi connectivity index (χ4v) is 3.26. The zero-order valence-corrected chi connectivity index (χ0v) is 8.79. The highest BCUT2D eigenvalue weighted by molar-refractivity contribution is 6.78. The van der Waals surface area contributed by atoms with Gasteiger partial charge in [-0.05, 0) is 6.08 Å². The average molecular weight is 189 g/mol. The molecule has 0 bridgehead atoms. The van der Waals surface area contributed by atoms with Crippen LogP contribution in [0.3, 0.4) is 0 Å². The van der Waals surface area contributed by atoms with Gasteiger partial charge in [-0.1, -0.05) is 42.1 Å². The van der Waals surface area contributed by atoms with Crippen molar-refractivity contribution in [3.8, 4) is 0 Å². The second-order valence-electron chi connectivity index (χ2n) is 3.20. The summed E-state index contributed by atoms with van der Waals surface area (Å²) in [4.78, 5) is 0. The van der Waals surface area contributed by atoms with Gasteiger partial charge in [-0.25, -0.2) is 0 Å². The van der Waals surface area contributed by atoms with Gasteiger partial charge in [0.25, 0.3) is 0 Å². The van der Waals surface area contributed by atoms with Gasteiger partial charge in [0.15, 0.2) is 8.80 Å². The molecule has 0 unspecified atom stereocenters. The molecule has 0 aromatic heterocycles. The summed E-state index contributed by atoms with van der Waals surface area (Å²) in [6, 6.07) is 10.6. The van der Waals surface area contributed by atoms with Crippen LogP contribution in [0, 0.1) is 0 Å². The summed E-state index contributed by atoms with van der Waals surface area (Å²) < 4.78 is 5.58. The molecular formula is C11H13OSi. The van der Waals surface area contributed by atoms with Gasteiger partial charge in [-0.15, -0.1) is 0 Å². The molecule has 0 spiro atoms. The lowest BCUT2D eigenvalue weighted by Crippen LogP contribution is -2.29. The van der Waals surface area contributed by atoms with Crippen molar-refractivity contribution in [2.75, 3.05) is 6.61 Å². The molecule has 1 nitrogen and oxygen atoms in total. The number of benzene rings is 1. The van der Waals surface area contributed by atoms with E-state index in [2.05, 4.69) is 43.0 Å². The molecule has 2 heteroatoms. The molecule has 0 fully saturated rings. The molecule has 0 atom stereocenters. The Bertz CT molecular complexity index is 305. The van der Waals surface area contributed by atoms with E-state index in [-0.39, 0.29) is 0 Å². The lowest BCUT2D eigenvalue weighted by molar-refractivity contribution is 0.266. The van der Waals surface area contributed by atoms with Gasteiger partial charge in [0, 0.05) is 6.42 Å². The molecule has 0 saturated carbocycles. The number of ether oxygens (including phenoxy) is 1. The Morgan fingerprint density at radius 2 is 2.00 bits per heavy atom. The lowest BCUT2D eigenvalue weighted by atomic mass is 10.4. The fourth-order valence-electron chi connectivity index (χ4n) is 1.51. The number of hydrogen-bond donors (Lipinski definition) is 0. The van der Waals surface area contributed by atoms with Crippen molar-refractivity contribution in [2.45, 2.75) is 13.0 Å². The van der Waals surface area contributed by atoms with Crippen LogP contribution in [0.2, 0.25) is 6.55 Å². The Balaban J connectivity index is 2.17. The van der Waals surface area contributed by atoms with Gasteiger partial charge in [0.2, 0.25) is 0 Å². The second kappa shape index (κ2) is 3.79. The van der Waals surface area contributed by atoms with Crippen LogP contribution in [0.15, 0.2) is 41.8 Å². The Morgan fingerprint density at radius 1 is 1.23 bits per heavy atom. The van der Waals surface area contributed by atoms with Crippen molar-refractivity contribution in [1.29, 1.82) is 0 Å². The van der Waals surface area contributed by atoms with E-state index < -0.39 is 8.80 Å². The van der Waals surface area contributed by atoms with Crippen LogP contribution in [0.4, 0.5) is 0 Å². The standard InChI is InChI=1S/C11H13OSi/c1-13(11-8-5-9-12-11)10-6-3-2-4-7-10/h2-4,6-8H,5,9H2,1H3. The van der Waals surface area contributed by atoms with Crippen LogP contribution in [0.1, 0.15) is 6.42 Å². The molecule has 67 valence electrons. The highest BCUT2D eigenvalue weighted by Crippen LogP contribution is 2.12. The minimum absolute atomic E-state index is 0.606. The van der Waals surface area contributed by atoms with Crippen molar-refractivity contribution in [3.63, 3.8) is 0 Å². The highest BCUT2D eigenvalue weighted by atomic mass is 28.3. The molecule has 0 N–H and O–H groups in total. The Morgan fingerprint density at radius 3 is 2.62 bits per heavy atom. The predicted molar refractivity (Wildman–Crippen MR) is 56.3 cm³/mol. The molecule has 1 aliphatic rings. The first-order chi connectivity index (χ1) is 6.38. The van der Waals surface area contributed by atoms with E-state index in [1.54, 1.807) is 0 Å². The van der Waals surface area contributed by atoms with E-state index in [1.165, 1.54) is 10.6 Å². The van der Waals surface area contributed by atoms with Crippen LogP contribution >= 0.6 is 0 Å². The van der Waals surface area contributed by atoms with Gasteiger partial charge in [0.05, 0.1) is 12.0 Å². The van der Waals surface area contributed by atoms with E-state index in [4.69, 9.17) is 4.74 Å². The largest absolute Gasteiger partial charge is 0.503 e. The van der Waals surface area contributed by atoms with E-state index in [0.717, 1.165) is 13.0 Å². The molecule has 0 aliphatic carbocycles. The van der Waals surface area contributed by atoms with Gasteiger partial charge in [0.1, 0.15) is 0 Å². The Hall–Kier alpha value is -1.02. The first-order valence-electron chi connectivity index (χ1n) is 4.60. The first kappa shape index (κ1) is 8.57.